The Kier molecular flexibility index (Phi) is 8.55. The van der Waals surface area contributed by atoms with Gasteiger partial charge >= 0.3 is 20.7 Å². The van der Waals surface area contributed by atoms with Gasteiger partial charge in [0, 0.05) is 33.9 Å². The van der Waals surface area contributed by atoms with Crippen LogP contribution in [0.5, 0.6) is 0 Å². The van der Waals surface area contributed by atoms with E-state index >= 15 is 0 Å². The molecule has 0 aliphatic rings. The number of ether oxygens (including phenoxy) is 1. The number of carbonyl (C=O) groups is 2. The van der Waals surface area contributed by atoms with Gasteiger partial charge in [-0.15, -0.1) is 0 Å². The van der Waals surface area contributed by atoms with Gasteiger partial charge in [0.1, 0.15) is 0 Å². The third kappa shape index (κ3) is 5.58. The quantitative estimate of drug-likeness (QED) is 0.290. The standard InChI is InChI=1S/C10H21NO6Si/c1-5-17-10(13)9(12)11-7-6-8-18(14-2,15-3)16-4/h5-8H2,1-4H3,(H,11,12). The van der Waals surface area contributed by atoms with Crippen LogP contribution >= 0.6 is 0 Å². The molecule has 0 saturated carbocycles. The summed E-state index contributed by atoms with van der Waals surface area (Å²) in [6.45, 7) is 2.16. The third-order valence-electron chi connectivity index (χ3n) is 2.34. The van der Waals surface area contributed by atoms with E-state index in [9.17, 15) is 9.59 Å². The minimum absolute atomic E-state index is 0.180. The van der Waals surface area contributed by atoms with Crippen molar-refractivity contribution in [1.29, 1.82) is 0 Å². The zero-order valence-electron chi connectivity index (χ0n) is 11.3. The Morgan fingerprint density at radius 3 is 2.11 bits per heavy atom. The van der Waals surface area contributed by atoms with Crippen molar-refractivity contribution in [3.63, 3.8) is 0 Å². The van der Waals surface area contributed by atoms with Crippen LogP contribution in [0.25, 0.3) is 0 Å². The van der Waals surface area contributed by atoms with Gasteiger partial charge in [-0.3, -0.25) is 4.79 Å². The lowest BCUT2D eigenvalue weighted by Gasteiger charge is -2.24. The van der Waals surface area contributed by atoms with Crippen molar-refractivity contribution in [1.82, 2.24) is 5.32 Å². The molecule has 0 saturated heterocycles. The van der Waals surface area contributed by atoms with Crippen LogP contribution in [0.1, 0.15) is 13.3 Å². The van der Waals surface area contributed by atoms with Crippen molar-refractivity contribution in [3.05, 3.63) is 0 Å². The van der Waals surface area contributed by atoms with Crippen LogP contribution in [0.3, 0.4) is 0 Å². The van der Waals surface area contributed by atoms with E-state index in [4.69, 9.17) is 13.3 Å². The molecule has 7 nitrogen and oxygen atoms in total. The molecular weight excluding hydrogens is 258 g/mol. The Morgan fingerprint density at radius 2 is 1.67 bits per heavy atom. The Labute approximate surface area is 108 Å². The molecule has 0 rings (SSSR count). The molecule has 8 heteroatoms. The molecule has 0 aliphatic carbocycles. The summed E-state index contributed by atoms with van der Waals surface area (Å²) in [5, 5.41) is 2.45. The van der Waals surface area contributed by atoms with E-state index < -0.39 is 20.7 Å². The second-order valence-corrected chi connectivity index (χ2v) is 6.47. The monoisotopic (exact) mass is 279 g/mol. The summed E-state index contributed by atoms with van der Waals surface area (Å²) in [6, 6.07) is 0.555. The minimum Gasteiger partial charge on any atom is -0.459 e. The molecule has 0 heterocycles. The number of hydrogen-bond donors (Lipinski definition) is 1. The van der Waals surface area contributed by atoms with E-state index in [2.05, 4.69) is 10.1 Å². The van der Waals surface area contributed by atoms with Crippen LogP contribution < -0.4 is 5.32 Å². The fourth-order valence-corrected chi connectivity index (χ4v) is 3.05. The lowest BCUT2D eigenvalue weighted by molar-refractivity contribution is -0.154. The molecule has 0 fully saturated rings. The molecule has 0 radical (unpaired) electrons. The highest BCUT2D eigenvalue weighted by Gasteiger charge is 2.36. The van der Waals surface area contributed by atoms with Crippen LogP contribution in [0.4, 0.5) is 0 Å². The summed E-state index contributed by atoms with van der Waals surface area (Å²) >= 11 is 0. The van der Waals surface area contributed by atoms with Gasteiger partial charge in [0.15, 0.2) is 0 Å². The molecule has 0 atom stereocenters. The summed E-state index contributed by atoms with van der Waals surface area (Å²) < 4.78 is 20.2. The predicted octanol–water partition coefficient (Wildman–Crippen LogP) is -0.0661. The van der Waals surface area contributed by atoms with Crippen LogP contribution in [0.15, 0.2) is 0 Å². The maximum Gasteiger partial charge on any atom is 0.500 e. The van der Waals surface area contributed by atoms with Crippen LogP contribution in [0.2, 0.25) is 6.04 Å². The fraction of sp³-hybridized carbons (Fsp3) is 0.800. The molecule has 0 aromatic heterocycles. The van der Waals surface area contributed by atoms with Gasteiger partial charge in [-0.2, -0.15) is 0 Å². The molecule has 0 bridgehead atoms. The van der Waals surface area contributed by atoms with Crippen molar-refractivity contribution in [2.45, 2.75) is 19.4 Å². The summed E-state index contributed by atoms with van der Waals surface area (Å²) in [6.07, 6.45) is 0.590. The van der Waals surface area contributed by atoms with Crippen molar-refractivity contribution in [2.75, 3.05) is 34.5 Å². The summed E-state index contributed by atoms with van der Waals surface area (Å²) in [5.41, 5.74) is 0. The van der Waals surface area contributed by atoms with Gasteiger partial charge in [0.05, 0.1) is 6.61 Å². The zero-order valence-corrected chi connectivity index (χ0v) is 12.3. The first-order chi connectivity index (χ1) is 8.55. The first-order valence-electron chi connectivity index (χ1n) is 5.65. The molecule has 0 spiro atoms. The predicted molar refractivity (Wildman–Crippen MR) is 65.8 cm³/mol. The van der Waals surface area contributed by atoms with Crippen molar-refractivity contribution >= 4 is 20.7 Å². The average Bonchev–Trinajstić information content (AvgIpc) is 2.40. The normalized spacial score (nSPS) is 11.1. The van der Waals surface area contributed by atoms with Gasteiger partial charge in [-0.05, 0) is 13.3 Å². The minimum atomic E-state index is -2.60. The first-order valence-corrected chi connectivity index (χ1v) is 7.58. The van der Waals surface area contributed by atoms with Gasteiger partial charge in [-0.1, -0.05) is 0 Å². The summed E-state index contributed by atoms with van der Waals surface area (Å²) in [4.78, 5) is 22.2. The number of carbonyl (C=O) groups excluding carboxylic acids is 2. The molecule has 0 aromatic rings. The topological polar surface area (TPSA) is 83.1 Å². The first kappa shape index (κ1) is 17.0. The zero-order chi connectivity index (χ0) is 14.0. The Hall–Kier alpha value is -0.963. The lowest BCUT2D eigenvalue weighted by atomic mass is 10.4. The van der Waals surface area contributed by atoms with Gasteiger partial charge in [0.2, 0.25) is 0 Å². The number of hydrogen-bond acceptors (Lipinski definition) is 6. The van der Waals surface area contributed by atoms with Crippen LogP contribution in [-0.2, 0) is 27.6 Å². The molecule has 1 amide bonds. The lowest BCUT2D eigenvalue weighted by Crippen LogP contribution is -2.43. The highest BCUT2D eigenvalue weighted by atomic mass is 28.4. The van der Waals surface area contributed by atoms with E-state index in [1.807, 2.05) is 0 Å². The number of nitrogens with one attached hydrogen (secondary N) is 1. The van der Waals surface area contributed by atoms with E-state index in [-0.39, 0.29) is 6.61 Å². The van der Waals surface area contributed by atoms with Gasteiger partial charge < -0.3 is 23.3 Å². The molecule has 106 valence electrons. The maximum absolute atomic E-state index is 11.2. The number of rotatable bonds is 8. The molecule has 0 aliphatic heterocycles. The van der Waals surface area contributed by atoms with E-state index in [0.717, 1.165) is 0 Å². The molecule has 1 N–H and O–H groups in total. The van der Waals surface area contributed by atoms with E-state index in [1.165, 1.54) is 21.3 Å². The van der Waals surface area contributed by atoms with E-state index in [1.54, 1.807) is 6.92 Å². The molecule has 0 aromatic carbocycles. The Morgan fingerprint density at radius 1 is 1.11 bits per heavy atom. The Bertz CT molecular complexity index is 261. The van der Waals surface area contributed by atoms with E-state index in [0.29, 0.717) is 19.0 Å². The van der Waals surface area contributed by atoms with Gasteiger partial charge in [0.25, 0.3) is 0 Å². The van der Waals surface area contributed by atoms with Crippen molar-refractivity contribution < 1.29 is 27.6 Å². The third-order valence-corrected chi connectivity index (χ3v) is 5.17. The van der Waals surface area contributed by atoms with Crippen LogP contribution in [0, 0.1) is 0 Å². The second kappa shape index (κ2) is 9.03. The molecular formula is C10H21NO6Si. The number of amides is 1. The molecule has 0 unspecified atom stereocenters. The molecule has 18 heavy (non-hydrogen) atoms. The summed E-state index contributed by atoms with van der Waals surface area (Å²) in [7, 11) is 1.97. The average molecular weight is 279 g/mol. The largest absolute Gasteiger partial charge is 0.500 e. The van der Waals surface area contributed by atoms with Crippen LogP contribution in [-0.4, -0.2) is 55.2 Å². The summed E-state index contributed by atoms with van der Waals surface area (Å²) in [5.74, 6) is -1.61. The van der Waals surface area contributed by atoms with Crippen molar-refractivity contribution in [3.8, 4) is 0 Å². The van der Waals surface area contributed by atoms with Gasteiger partial charge in [-0.25, -0.2) is 4.79 Å². The number of esters is 1. The van der Waals surface area contributed by atoms with Crippen molar-refractivity contribution in [2.24, 2.45) is 0 Å². The SMILES string of the molecule is CCOC(=O)C(=O)NCCC[Si](OC)(OC)OC. The fourth-order valence-electron chi connectivity index (χ4n) is 1.33. The highest BCUT2D eigenvalue weighted by molar-refractivity contribution is 6.60. The highest BCUT2D eigenvalue weighted by Crippen LogP contribution is 2.14. The second-order valence-electron chi connectivity index (χ2n) is 3.38. The smallest absolute Gasteiger partial charge is 0.459 e. The maximum atomic E-state index is 11.2. The Balaban J connectivity index is 3.92.